The Morgan fingerprint density at radius 1 is 1.32 bits per heavy atom. The normalized spacial score (nSPS) is 17.4. The Morgan fingerprint density at radius 3 is 2.63 bits per heavy atom. The molecule has 19 heavy (non-hydrogen) atoms. The largest absolute Gasteiger partial charge is 0.411 e. The third-order valence-electron chi connectivity index (χ3n) is 3.47. The van der Waals surface area contributed by atoms with Gasteiger partial charge in [0.25, 0.3) is 0 Å². The summed E-state index contributed by atoms with van der Waals surface area (Å²) in [5.74, 6) is 0.197. The highest BCUT2D eigenvalue weighted by Gasteiger charge is 2.65. The van der Waals surface area contributed by atoms with E-state index in [2.05, 4.69) is 9.97 Å². The minimum absolute atomic E-state index is 0.0695. The van der Waals surface area contributed by atoms with Crippen molar-refractivity contribution in [3.63, 3.8) is 0 Å². The number of alkyl halides is 3. The van der Waals surface area contributed by atoms with Crippen molar-refractivity contribution in [3.8, 4) is 11.3 Å². The first-order valence-electron chi connectivity index (χ1n) is 5.76. The minimum Gasteiger partial charge on any atom is -0.383 e. The van der Waals surface area contributed by atoms with Crippen LogP contribution in [0, 0.1) is 0 Å². The zero-order valence-corrected chi connectivity index (χ0v) is 9.85. The molecule has 0 aromatic carbocycles. The van der Waals surface area contributed by atoms with Crippen molar-refractivity contribution < 1.29 is 13.2 Å². The van der Waals surface area contributed by atoms with E-state index >= 15 is 0 Å². The van der Waals surface area contributed by atoms with E-state index in [9.17, 15) is 13.2 Å². The summed E-state index contributed by atoms with van der Waals surface area (Å²) in [6.07, 6.45) is -0.0584. The van der Waals surface area contributed by atoms with E-state index in [0.717, 1.165) is 0 Å². The van der Waals surface area contributed by atoms with Gasteiger partial charge in [0.15, 0.2) is 0 Å². The van der Waals surface area contributed by atoms with Gasteiger partial charge in [-0.2, -0.15) is 13.2 Å². The van der Waals surface area contributed by atoms with Gasteiger partial charge in [-0.05, 0) is 25.0 Å². The van der Waals surface area contributed by atoms with Crippen LogP contribution >= 0.6 is 0 Å². The summed E-state index contributed by atoms with van der Waals surface area (Å²) in [5, 5.41) is 0. The molecule has 0 unspecified atom stereocenters. The van der Waals surface area contributed by atoms with Gasteiger partial charge in [0, 0.05) is 11.8 Å². The van der Waals surface area contributed by atoms with Crippen LogP contribution in [-0.4, -0.2) is 20.7 Å². The van der Waals surface area contributed by atoms with Gasteiger partial charge in [0.2, 0.25) is 0 Å². The molecule has 4 nitrogen and oxygen atoms in total. The van der Waals surface area contributed by atoms with Gasteiger partial charge in [0.1, 0.15) is 11.4 Å². The van der Waals surface area contributed by atoms with E-state index in [1.165, 1.54) is 23.3 Å². The predicted octanol–water partition coefficient (Wildman–Crippen LogP) is 2.58. The lowest BCUT2D eigenvalue weighted by Gasteiger charge is -2.23. The summed E-state index contributed by atoms with van der Waals surface area (Å²) in [6.45, 7) is 0. The molecular weight excluding hydrogens is 257 g/mol. The van der Waals surface area contributed by atoms with Gasteiger partial charge in [-0.1, -0.05) is 0 Å². The van der Waals surface area contributed by atoms with Crippen LogP contribution in [0.15, 0.2) is 30.9 Å². The maximum Gasteiger partial charge on any atom is 0.411 e. The molecule has 100 valence electrons. The highest BCUT2D eigenvalue weighted by Crippen LogP contribution is 2.56. The number of halogens is 3. The van der Waals surface area contributed by atoms with Crippen LogP contribution in [0.4, 0.5) is 19.0 Å². The van der Waals surface area contributed by atoms with Gasteiger partial charge in [0.05, 0.1) is 18.2 Å². The smallest absolute Gasteiger partial charge is 0.383 e. The quantitative estimate of drug-likeness (QED) is 0.910. The SMILES string of the molecule is Nc1ncccc1-c1cncn1C1(C(F)(F)F)CC1. The fraction of sp³-hybridized carbons (Fsp3) is 0.333. The number of nitrogens with two attached hydrogens (primary N) is 1. The van der Waals surface area contributed by atoms with Crippen molar-refractivity contribution in [2.45, 2.75) is 24.6 Å². The number of anilines is 1. The number of aromatic nitrogens is 3. The fourth-order valence-corrected chi connectivity index (χ4v) is 2.25. The summed E-state index contributed by atoms with van der Waals surface area (Å²) >= 11 is 0. The summed E-state index contributed by atoms with van der Waals surface area (Å²) in [6, 6.07) is 3.28. The van der Waals surface area contributed by atoms with Crippen molar-refractivity contribution in [2.75, 3.05) is 5.73 Å². The van der Waals surface area contributed by atoms with Crippen LogP contribution in [0.5, 0.6) is 0 Å². The number of pyridine rings is 1. The lowest BCUT2D eigenvalue weighted by atomic mass is 10.1. The number of hydrogen-bond donors (Lipinski definition) is 1. The maximum absolute atomic E-state index is 13.2. The molecule has 1 saturated carbocycles. The number of hydrogen-bond acceptors (Lipinski definition) is 3. The number of imidazole rings is 1. The van der Waals surface area contributed by atoms with Crippen LogP contribution in [-0.2, 0) is 5.54 Å². The van der Waals surface area contributed by atoms with Crippen molar-refractivity contribution >= 4 is 5.82 Å². The van der Waals surface area contributed by atoms with E-state index in [1.54, 1.807) is 12.1 Å². The molecule has 0 aliphatic heterocycles. The Morgan fingerprint density at radius 2 is 2.05 bits per heavy atom. The minimum atomic E-state index is -4.29. The van der Waals surface area contributed by atoms with Crippen molar-refractivity contribution in [1.29, 1.82) is 0 Å². The zero-order valence-electron chi connectivity index (χ0n) is 9.85. The Balaban J connectivity index is 2.13. The van der Waals surface area contributed by atoms with Gasteiger partial charge in [-0.15, -0.1) is 0 Å². The Labute approximate surface area is 107 Å². The van der Waals surface area contributed by atoms with E-state index in [-0.39, 0.29) is 18.7 Å². The molecule has 2 aromatic heterocycles. The Kier molecular flexibility index (Phi) is 2.35. The average Bonchev–Trinajstić information content (AvgIpc) is 3.03. The molecule has 0 bridgehead atoms. The third kappa shape index (κ3) is 1.68. The van der Waals surface area contributed by atoms with Gasteiger partial charge in [-0.3, -0.25) is 0 Å². The lowest BCUT2D eigenvalue weighted by molar-refractivity contribution is -0.179. The van der Waals surface area contributed by atoms with E-state index in [4.69, 9.17) is 5.73 Å². The molecule has 0 amide bonds. The molecular formula is C12H11F3N4. The predicted molar refractivity (Wildman–Crippen MR) is 63.1 cm³/mol. The molecule has 0 radical (unpaired) electrons. The van der Waals surface area contributed by atoms with E-state index in [1.807, 2.05) is 0 Å². The first-order valence-corrected chi connectivity index (χ1v) is 5.76. The van der Waals surface area contributed by atoms with Crippen LogP contribution in [0.2, 0.25) is 0 Å². The number of rotatable bonds is 2. The van der Waals surface area contributed by atoms with Crippen molar-refractivity contribution in [3.05, 3.63) is 30.9 Å². The van der Waals surface area contributed by atoms with Gasteiger partial charge >= 0.3 is 6.18 Å². The Hall–Kier alpha value is -2.05. The van der Waals surface area contributed by atoms with Crippen molar-refractivity contribution in [2.24, 2.45) is 0 Å². The summed E-state index contributed by atoms with van der Waals surface area (Å²) in [7, 11) is 0. The monoisotopic (exact) mass is 268 g/mol. The van der Waals surface area contributed by atoms with Crippen LogP contribution in [0.3, 0.4) is 0 Å². The molecule has 2 N–H and O–H groups in total. The van der Waals surface area contributed by atoms with Gasteiger partial charge in [-0.25, -0.2) is 9.97 Å². The number of nitrogens with zero attached hydrogens (tertiary/aromatic N) is 3. The molecule has 1 aliphatic rings. The summed E-state index contributed by atoms with van der Waals surface area (Å²) < 4.78 is 40.6. The molecule has 0 saturated heterocycles. The average molecular weight is 268 g/mol. The van der Waals surface area contributed by atoms with Crippen LogP contribution in [0.1, 0.15) is 12.8 Å². The molecule has 3 rings (SSSR count). The standard InChI is InChI=1S/C12H11F3N4/c13-12(14,15)11(3-4-11)19-7-17-6-9(19)8-2-1-5-18-10(8)16/h1-2,5-7H,3-4H2,(H2,16,18). The molecule has 1 aliphatic carbocycles. The third-order valence-corrected chi connectivity index (χ3v) is 3.47. The second-order valence-electron chi connectivity index (χ2n) is 4.61. The molecule has 2 aromatic rings. The fourth-order valence-electron chi connectivity index (χ4n) is 2.25. The second kappa shape index (κ2) is 3.72. The Bertz CT molecular complexity index is 613. The zero-order chi connectivity index (χ0) is 13.7. The molecule has 0 spiro atoms. The highest BCUT2D eigenvalue weighted by atomic mass is 19.4. The van der Waals surface area contributed by atoms with Crippen LogP contribution in [0.25, 0.3) is 11.3 Å². The molecule has 2 heterocycles. The first-order chi connectivity index (χ1) is 8.96. The van der Waals surface area contributed by atoms with Crippen LogP contribution < -0.4 is 5.73 Å². The van der Waals surface area contributed by atoms with E-state index < -0.39 is 11.7 Å². The topological polar surface area (TPSA) is 56.7 Å². The molecule has 0 atom stereocenters. The number of nitrogen functional groups attached to an aromatic ring is 1. The van der Waals surface area contributed by atoms with Gasteiger partial charge < -0.3 is 10.3 Å². The molecule has 1 fully saturated rings. The maximum atomic E-state index is 13.2. The van der Waals surface area contributed by atoms with Crippen molar-refractivity contribution in [1.82, 2.24) is 14.5 Å². The molecule has 7 heteroatoms. The first kappa shape index (κ1) is 12.0. The highest BCUT2D eigenvalue weighted by molar-refractivity contribution is 5.70. The summed E-state index contributed by atoms with van der Waals surface area (Å²) in [5.41, 5.74) is 4.70. The second-order valence-corrected chi connectivity index (χ2v) is 4.61. The van der Waals surface area contributed by atoms with E-state index in [0.29, 0.717) is 11.3 Å². The summed E-state index contributed by atoms with van der Waals surface area (Å²) in [4.78, 5) is 7.74. The lowest BCUT2D eigenvalue weighted by Crippen LogP contribution is -2.34.